The van der Waals surface area contributed by atoms with E-state index >= 15 is 0 Å². The molecule has 14 heavy (non-hydrogen) atoms. The normalized spacial score (nSPS) is 10.8. The third-order valence-corrected chi connectivity index (χ3v) is 3.06. The van der Waals surface area contributed by atoms with Gasteiger partial charge in [-0.2, -0.15) is 0 Å². The van der Waals surface area contributed by atoms with Crippen LogP contribution >= 0.6 is 12.0 Å². The molecule has 0 aromatic heterocycles. The van der Waals surface area contributed by atoms with E-state index in [0.29, 0.717) is 0 Å². The molecule has 0 saturated heterocycles. The molecule has 1 N–H and O–H groups in total. The van der Waals surface area contributed by atoms with Crippen LogP contribution < -0.4 is 0 Å². The lowest BCUT2D eigenvalue weighted by atomic mass is 10.0. The van der Waals surface area contributed by atoms with Crippen molar-refractivity contribution in [3.05, 3.63) is 41.5 Å². The number of rotatable bonds is 1. The zero-order valence-electron chi connectivity index (χ0n) is 8.24. The van der Waals surface area contributed by atoms with E-state index in [1.165, 1.54) is 21.9 Å². The van der Waals surface area contributed by atoms with Gasteiger partial charge in [-0.25, -0.2) is 0 Å². The summed E-state index contributed by atoms with van der Waals surface area (Å²) in [5.41, 5.74) is 2.46. The molecule has 2 rings (SSSR count). The van der Waals surface area contributed by atoms with Gasteiger partial charge in [-0.15, -0.1) is 0 Å². The Bertz CT molecular complexity index is 477. The van der Waals surface area contributed by atoms with Gasteiger partial charge in [0.15, 0.2) is 0 Å². The van der Waals surface area contributed by atoms with Gasteiger partial charge >= 0.3 is 0 Å². The van der Waals surface area contributed by atoms with Gasteiger partial charge in [-0.05, 0) is 36.4 Å². The molecule has 2 heteroatoms. The highest BCUT2D eigenvalue weighted by atomic mass is 32.2. The van der Waals surface area contributed by atoms with Gasteiger partial charge in [0, 0.05) is 22.3 Å². The van der Waals surface area contributed by atoms with Crippen molar-refractivity contribution in [1.29, 1.82) is 0 Å². The zero-order chi connectivity index (χ0) is 10.1. The van der Waals surface area contributed by atoms with Crippen LogP contribution in [0.3, 0.4) is 0 Å². The molecule has 0 heterocycles. The predicted molar refractivity (Wildman–Crippen MR) is 61.9 cm³/mol. The molecule has 1 nitrogen and oxygen atoms in total. The summed E-state index contributed by atoms with van der Waals surface area (Å²) >= 11 is 0.821. The quantitative estimate of drug-likeness (QED) is 0.708. The van der Waals surface area contributed by atoms with Gasteiger partial charge in [-0.3, -0.25) is 0 Å². The molecular weight excluding hydrogens is 192 g/mol. The summed E-state index contributed by atoms with van der Waals surface area (Å²) in [4.78, 5) is 0.934. The third-order valence-electron chi connectivity index (χ3n) is 2.53. The molecule has 0 spiro atoms. The van der Waals surface area contributed by atoms with Crippen LogP contribution in [0.25, 0.3) is 10.8 Å². The van der Waals surface area contributed by atoms with E-state index in [1.807, 2.05) is 12.1 Å². The molecule has 0 unspecified atom stereocenters. The largest absolute Gasteiger partial charge is 0.325 e. The third kappa shape index (κ3) is 1.41. The molecule has 0 fully saturated rings. The Kier molecular flexibility index (Phi) is 2.48. The Morgan fingerprint density at radius 1 is 1.00 bits per heavy atom. The molecular formula is C12H12OS. The molecule has 0 aliphatic rings. The van der Waals surface area contributed by atoms with Gasteiger partial charge in [0.25, 0.3) is 0 Å². The van der Waals surface area contributed by atoms with Crippen LogP contribution in [-0.2, 0) is 0 Å². The van der Waals surface area contributed by atoms with Crippen molar-refractivity contribution in [2.45, 2.75) is 18.7 Å². The second kappa shape index (κ2) is 3.64. The van der Waals surface area contributed by atoms with Crippen molar-refractivity contribution in [3.63, 3.8) is 0 Å². The van der Waals surface area contributed by atoms with Gasteiger partial charge < -0.3 is 4.55 Å². The summed E-state index contributed by atoms with van der Waals surface area (Å²) in [6, 6.07) is 10.2. The number of fused-ring (bicyclic) bond motifs is 1. The molecule has 2 aromatic carbocycles. The lowest BCUT2D eigenvalue weighted by Crippen LogP contribution is -1.84. The van der Waals surface area contributed by atoms with Crippen LogP contribution in [0.1, 0.15) is 11.1 Å². The molecule has 0 amide bonds. The van der Waals surface area contributed by atoms with Crippen LogP contribution in [0.4, 0.5) is 0 Å². The minimum absolute atomic E-state index is 0.821. The number of benzene rings is 2. The van der Waals surface area contributed by atoms with E-state index in [1.54, 1.807) is 0 Å². The van der Waals surface area contributed by atoms with E-state index in [0.717, 1.165) is 16.9 Å². The van der Waals surface area contributed by atoms with Crippen LogP contribution in [0, 0.1) is 13.8 Å². The molecule has 72 valence electrons. The van der Waals surface area contributed by atoms with Crippen molar-refractivity contribution in [1.82, 2.24) is 0 Å². The minimum atomic E-state index is 0.821. The average molecular weight is 204 g/mol. The Hall–Kier alpha value is -0.990. The summed E-state index contributed by atoms with van der Waals surface area (Å²) < 4.78 is 9.17. The van der Waals surface area contributed by atoms with Gasteiger partial charge in [0.05, 0.1) is 0 Å². The van der Waals surface area contributed by atoms with Crippen LogP contribution in [0.15, 0.2) is 35.2 Å². The molecule has 0 saturated carbocycles. The predicted octanol–water partition coefficient (Wildman–Crippen LogP) is 4.02. The molecule has 0 aliphatic carbocycles. The first-order chi connectivity index (χ1) is 6.74. The van der Waals surface area contributed by atoms with Crippen molar-refractivity contribution < 1.29 is 4.55 Å². The summed E-state index contributed by atoms with van der Waals surface area (Å²) in [5.74, 6) is 0. The lowest BCUT2D eigenvalue weighted by molar-refractivity contribution is 0.664. The standard InChI is InChI=1S/C12H12OS/c1-8-6-7-9(2)12-10(8)4-3-5-11(12)14-13/h3-7,13H,1-2H3. The monoisotopic (exact) mass is 204 g/mol. The Morgan fingerprint density at radius 2 is 1.71 bits per heavy atom. The fourth-order valence-corrected chi connectivity index (χ4v) is 2.27. The fourth-order valence-electron chi connectivity index (χ4n) is 1.77. The second-order valence-electron chi connectivity index (χ2n) is 3.47. The molecule has 0 bridgehead atoms. The first-order valence-corrected chi connectivity index (χ1v) is 5.31. The Morgan fingerprint density at radius 3 is 2.43 bits per heavy atom. The van der Waals surface area contributed by atoms with Crippen LogP contribution in [0.2, 0.25) is 0 Å². The van der Waals surface area contributed by atoms with Crippen molar-refractivity contribution in [3.8, 4) is 0 Å². The molecule has 0 aliphatic heterocycles. The maximum absolute atomic E-state index is 9.17. The van der Waals surface area contributed by atoms with Crippen molar-refractivity contribution >= 4 is 22.8 Å². The van der Waals surface area contributed by atoms with Crippen molar-refractivity contribution in [2.75, 3.05) is 0 Å². The number of hydrogen-bond acceptors (Lipinski definition) is 2. The maximum atomic E-state index is 9.17. The first-order valence-electron chi connectivity index (χ1n) is 4.54. The summed E-state index contributed by atoms with van der Waals surface area (Å²) in [5, 5.41) is 2.39. The number of aryl methyl sites for hydroxylation is 2. The van der Waals surface area contributed by atoms with Crippen LogP contribution in [-0.4, -0.2) is 4.55 Å². The lowest BCUT2D eigenvalue weighted by Gasteiger charge is -2.08. The van der Waals surface area contributed by atoms with Gasteiger partial charge in [0.1, 0.15) is 0 Å². The molecule has 2 aromatic rings. The average Bonchev–Trinajstić information content (AvgIpc) is 2.23. The van der Waals surface area contributed by atoms with E-state index in [9.17, 15) is 0 Å². The van der Waals surface area contributed by atoms with E-state index in [2.05, 4.69) is 32.0 Å². The highest BCUT2D eigenvalue weighted by Gasteiger charge is 2.05. The van der Waals surface area contributed by atoms with E-state index in [-0.39, 0.29) is 0 Å². The Balaban J connectivity index is 2.92. The summed E-state index contributed by atoms with van der Waals surface area (Å²) in [6.07, 6.45) is 0. The molecule has 0 atom stereocenters. The van der Waals surface area contributed by atoms with Crippen molar-refractivity contribution in [2.24, 2.45) is 0 Å². The highest BCUT2D eigenvalue weighted by molar-refractivity contribution is 7.94. The first kappa shape index (κ1) is 9.56. The van der Waals surface area contributed by atoms with E-state index < -0.39 is 0 Å². The smallest absolute Gasteiger partial charge is 0.0431 e. The second-order valence-corrected chi connectivity index (χ2v) is 4.09. The van der Waals surface area contributed by atoms with Gasteiger partial charge in [-0.1, -0.05) is 24.3 Å². The summed E-state index contributed by atoms with van der Waals surface area (Å²) in [6.45, 7) is 4.16. The maximum Gasteiger partial charge on any atom is 0.0431 e. The Labute approximate surface area is 88.0 Å². The topological polar surface area (TPSA) is 20.2 Å². The minimum Gasteiger partial charge on any atom is -0.325 e. The SMILES string of the molecule is Cc1ccc(C)c2c(SO)cccc12. The molecule has 0 radical (unpaired) electrons. The number of hydrogen-bond donors (Lipinski definition) is 1. The summed E-state index contributed by atoms with van der Waals surface area (Å²) in [7, 11) is 0. The van der Waals surface area contributed by atoms with Gasteiger partial charge in [0.2, 0.25) is 0 Å². The fraction of sp³-hybridized carbons (Fsp3) is 0.167. The van der Waals surface area contributed by atoms with Crippen LogP contribution in [0.5, 0.6) is 0 Å². The highest BCUT2D eigenvalue weighted by Crippen LogP contribution is 2.30. The van der Waals surface area contributed by atoms with E-state index in [4.69, 9.17) is 4.55 Å². The zero-order valence-corrected chi connectivity index (χ0v) is 9.06.